The van der Waals surface area contributed by atoms with Gasteiger partial charge in [-0.3, -0.25) is 4.98 Å². The zero-order valence-corrected chi connectivity index (χ0v) is 22.8. The van der Waals surface area contributed by atoms with Gasteiger partial charge < -0.3 is 16.0 Å². The molecule has 1 aliphatic rings. The van der Waals surface area contributed by atoms with E-state index in [0.29, 0.717) is 56.4 Å². The summed E-state index contributed by atoms with van der Waals surface area (Å²) >= 11 is 6.70. The summed E-state index contributed by atoms with van der Waals surface area (Å²) in [6.07, 6.45) is 4.32. The molecule has 1 aromatic carbocycles. The molecular formula is C28H32ClFN8. The molecule has 0 aliphatic carbocycles. The SMILES string of the molecule is Cc1nc(F)ccc1[C@H](Nc1cc(Cl)c2ncc(C#N)c(NCC(C)(C)C)c2c1)/C(N=N)=C1\CCCCN1. The van der Waals surface area contributed by atoms with Gasteiger partial charge in [-0.1, -0.05) is 38.4 Å². The van der Waals surface area contributed by atoms with Gasteiger partial charge in [0.15, 0.2) is 0 Å². The second-order valence-electron chi connectivity index (χ2n) is 10.7. The molecule has 3 aromatic rings. The Morgan fingerprint density at radius 3 is 2.74 bits per heavy atom. The van der Waals surface area contributed by atoms with Crippen LogP contribution in [0.2, 0.25) is 5.02 Å². The van der Waals surface area contributed by atoms with Crippen LogP contribution in [0.3, 0.4) is 0 Å². The van der Waals surface area contributed by atoms with Crippen molar-refractivity contribution in [2.24, 2.45) is 10.5 Å². The van der Waals surface area contributed by atoms with Crippen molar-refractivity contribution in [3.05, 3.63) is 69.6 Å². The molecule has 0 unspecified atom stereocenters. The summed E-state index contributed by atoms with van der Waals surface area (Å²) in [5.74, 6) is -0.573. The molecule has 1 saturated heterocycles. The van der Waals surface area contributed by atoms with E-state index >= 15 is 0 Å². The van der Waals surface area contributed by atoms with Crippen LogP contribution in [0.4, 0.5) is 15.8 Å². The van der Waals surface area contributed by atoms with Gasteiger partial charge in [-0.2, -0.15) is 14.8 Å². The average molecular weight is 535 g/mol. The van der Waals surface area contributed by atoms with Crippen LogP contribution < -0.4 is 16.0 Å². The number of benzene rings is 1. The van der Waals surface area contributed by atoms with Crippen LogP contribution in [0.1, 0.15) is 62.9 Å². The quantitative estimate of drug-likeness (QED) is 0.187. The summed E-state index contributed by atoms with van der Waals surface area (Å²) in [5.41, 5.74) is 12.9. The molecule has 198 valence electrons. The van der Waals surface area contributed by atoms with E-state index < -0.39 is 12.0 Å². The number of hydrogen-bond donors (Lipinski definition) is 4. The molecule has 1 fully saturated rings. The monoisotopic (exact) mass is 534 g/mol. The van der Waals surface area contributed by atoms with E-state index in [0.717, 1.165) is 31.5 Å². The molecule has 2 aromatic heterocycles. The van der Waals surface area contributed by atoms with E-state index in [1.165, 1.54) is 12.3 Å². The van der Waals surface area contributed by atoms with Crippen LogP contribution in [0.15, 0.2) is 47.0 Å². The molecule has 3 heterocycles. The molecule has 38 heavy (non-hydrogen) atoms. The summed E-state index contributed by atoms with van der Waals surface area (Å²) in [4.78, 5) is 8.46. The fourth-order valence-electron chi connectivity index (χ4n) is 4.56. The highest BCUT2D eigenvalue weighted by molar-refractivity contribution is 6.35. The zero-order valence-electron chi connectivity index (χ0n) is 22.0. The Hall–Kier alpha value is -3.77. The first-order valence-corrected chi connectivity index (χ1v) is 13.0. The second kappa shape index (κ2) is 11.3. The Balaban J connectivity index is 1.86. The zero-order chi connectivity index (χ0) is 27.4. The molecule has 10 heteroatoms. The van der Waals surface area contributed by atoms with E-state index in [2.05, 4.69) is 57.9 Å². The number of nitrogens with zero attached hydrogens (tertiary/aromatic N) is 4. The summed E-state index contributed by atoms with van der Waals surface area (Å²) in [6, 6.07) is 8.26. The molecule has 0 radical (unpaired) electrons. The Kier molecular flexibility index (Phi) is 8.12. The van der Waals surface area contributed by atoms with Gasteiger partial charge in [0.25, 0.3) is 0 Å². The third-order valence-corrected chi connectivity index (χ3v) is 6.74. The van der Waals surface area contributed by atoms with Crippen molar-refractivity contribution in [1.29, 1.82) is 10.8 Å². The largest absolute Gasteiger partial charge is 0.387 e. The third kappa shape index (κ3) is 6.03. The first-order valence-electron chi connectivity index (χ1n) is 12.6. The number of aromatic nitrogens is 2. The standard InChI is InChI=1S/C28H32ClFN8/c1-16-19(8-9-23(30)36-16)26(27(38-32)22-7-5-6-10-33-22)37-18-11-20-24(35-15-28(2,3)4)17(13-31)14-34-25(20)21(29)12-18/h8-9,11-12,14,26,32-33,37H,5-7,10,15H2,1-4H3,(H,34,35)/b27-22-,38-32?/t26-/m0/s1. The molecule has 0 spiro atoms. The number of fused-ring (bicyclic) bond motifs is 1. The molecule has 4 rings (SSSR count). The van der Waals surface area contributed by atoms with E-state index in [1.807, 2.05) is 6.07 Å². The van der Waals surface area contributed by atoms with E-state index in [9.17, 15) is 9.65 Å². The molecule has 0 saturated carbocycles. The number of allylic oxidation sites excluding steroid dienone is 1. The molecule has 1 atom stereocenters. The van der Waals surface area contributed by atoms with Crippen LogP contribution in [0.5, 0.6) is 0 Å². The molecule has 0 amide bonds. The van der Waals surface area contributed by atoms with Gasteiger partial charge in [0.2, 0.25) is 5.95 Å². The minimum Gasteiger partial charge on any atom is -0.387 e. The minimum atomic E-state index is -0.590. The predicted molar refractivity (Wildman–Crippen MR) is 149 cm³/mol. The topological polar surface area (TPSA) is 122 Å². The van der Waals surface area contributed by atoms with Gasteiger partial charge in [0.1, 0.15) is 11.8 Å². The number of nitriles is 1. The summed E-state index contributed by atoms with van der Waals surface area (Å²) in [5, 5.41) is 25.1. The Morgan fingerprint density at radius 1 is 1.32 bits per heavy atom. The van der Waals surface area contributed by atoms with Crippen molar-refractivity contribution in [1.82, 2.24) is 15.3 Å². The summed E-state index contributed by atoms with van der Waals surface area (Å²) < 4.78 is 13.9. The normalized spacial score (nSPS) is 15.8. The third-order valence-electron chi connectivity index (χ3n) is 6.45. The maximum absolute atomic E-state index is 13.9. The van der Waals surface area contributed by atoms with Crippen LogP contribution in [0.25, 0.3) is 10.9 Å². The van der Waals surface area contributed by atoms with Crippen molar-refractivity contribution >= 4 is 33.9 Å². The first-order chi connectivity index (χ1) is 18.1. The maximum atomic E-state index is 13.9. The summed E-state index contributed by atoms with van der Waals surface area (Å²) in [7, 11) is 0. The lowest BCUT2D eigenvalue weighted by Gasteiger charge is -2.27. The number of piperidine rings is 1. The predicted octanol–water partition coefficient (Wildman–Crippen LogP) is 7.23. The Morgan fingerprint density at radius 2 is 2.11 bits per heavy atom. The smallest absolute Gasteiger partial charge is 0.213 e. The van der Waals surface area contributed by atoms with Gasteiger partial charge >= 0.3 is 0 Å². The number of halogens is 2. The van der Waals surface area contributed by atoms with Crippen molar-refractivity contribution in [3.63, 3.8) is 0 Å². The number of nitrogens with one attached hydrogen (secondary N) is 4. The van der Waals surface area contributed by atoms with Crippen LogP contribution in [-0.4, -0.2) is 23.1 Å². The summed E-state index contributed by atoms with van der Waals surface area (Å²) in [6.45, 7) is 9.50. The van der Waals surface area contributed by atoms with Crippen molar-refractivity contribution in [2.75, 3.05) is 23.7 Å². The average Bonchev–Trinajstić information content (AvgIpc) is 2.87. The van der Waals surface area contributed by atoms with Gasteiger partial charge in [0.05, 0.1) is 27.8 Å². The lowest BCUT2D eigenvalue weighted by molar-refractivity contribution is 0.443. The fraction of sp³-hybridized carbons (Fsp3) is 0.393. The highest BCUT2D eigenvalue weighted by atomic mass is 35.5. The van der Waals surface area contributed by atoms with Crippen LogP contribution in [0, 0.1) is 35.1 Å². The lowest BCUT2D eigenvalue weighted by Crippen LogP contribution is -2.25. The van der Waals surface area contributed by atoms with Crippen LogP contribution in [-0.2, 0) is 0 Å². The molecule has 8 nitrogen and oxygen atoms in total. The molecule has 1 aliphatic heterocycles. The van der Waals surface area contributed by atoms with Gasteiger partial charge in [0, 0.05) is 47.3 Å². The van der Waals surface area contributed by atoms with E-state index in [4.69, 9.17) is 17.1 Å². The van der Waals surface area contributed by atoms with E-state index in [1.54, 1.807) is 19.1 Å². The number of hydrogen-bond acceptors (Lipinski definition) is 8. The second-order valence-corrected chi connectivity index (χ2v) is 11.1. The van der Waals surface area contributed by atoms with Gasteiger partial charge in [-0.15, -0.1) is 0 Å². The number of rotatable bonds is 7. The minimum absolute atomic E-state index is 0.0239. The van der Waals surface area contributed by atoms with Crippen LogP contribution >= 0.6 is 11.6 Å². The van der Waals surface area contributed by atoms with Crippen molar-refractivity contribution in [3.8, 4) is 6.07 Å². The maximum Gasteiger partial charge on any atom is 0.213 e. The number of aryl methyl sites for hydroxylation is 1. The van der Waals surface area contributed by atoms with Crippen molar-refractivity contribution < 1.29 is 4.39 Å². The fourth-order valence-corrected chi connectivity index (χ4v) is 4.83. The molecular weight excluding hydrogens is 503 g/mol. The first kappa shape index (κ1) is 27.3. The molecule has 4 N–H and O–H groups in total. The number of pyridine rings is 2. The molecule has 0 bridgehead atoms. The lowest BCUT2D eigenvalue weighted by atomic mass is 9.96. The number of anilines is 2. The highest BCUT2D eigenvalue weighted by Crippen LogP contribution is 2.37. The van der Waals surface area contributed by atoms with E-state index in [-0.39, 0.29) is 5.41 Å². The highest BCUT2D eigenvalue weighted by Gasteiger charge is 2.25. The van der Waals surface area contributed by atoms with Crippen molar-refractivity contribution in [2.45, 2.75) is 53.0 Å². The Labute approximate surface area is 227 Å². The Bertz CT molecular complexity index is 1430. The van der Waals surface area contributed by atoms with Gasteiger partial charge in [-0.05, 0) is 49.8 Å². The van der Waals surface area contributed by atoms with Gasteiger partial charge in [-0.25, -0.2) is 10.5 Å².